The summed E-state index contributed by atoms with van der Waals surface area (Å²) in [7, 11) is 0. The molecule has 0 unspecified atom stereocenters. The number of thiazole rings is 1. The first kappa shape index (κ1) is 17.4. The molecule has 1 aliphatic heterocycles. The molecule has 1 amide bonds. The Morgan fingerprint density at radius 2 is 2.31 bits per heavy atom. The number of piperidine rings is 1. The third kappa shape index (κ3) is 3.43. The van der Waals surface area contributed by atoms with Crippen LogP contribution >= 0.6 is 22.7 Å². The molecule has 1 aliphatic rings. The first-order valence-corrected chi connectivity index (χ1v) is 10.5. The molecule has 4 heterocycles. The predicted octanol–water partition coefficient (Wildman–Crippen LogP) is 3.87. The molecule has 0 saturated carbocycles. The van der Waals surface area contributed by atoms with Crippen LogP contribution in [0.3, 0.4) is 0 Å². The third-order valence-corrected chi connectivity index (χ3v) is 6.71. The molecule has 0 spiro atoms. The fourth-order valence-electron chi connectivity index (χ4n) is 3.32. The summed E-state index contributed by atoms with van der Waals surface area (Å²) >= 11 is 3.19. The van der Waals surface area contributed by atoms with Crippen molar-refractivity contribution in [2.45, 2.75) is 33.1 Å². The Labute approximate surface area is 160 Å². The van der Waals surface area contributed by atoms with Crippen LogP contribution in [-0.4, -0.2) is 33.9 Å². The maximum Gasteiger partial charge on any atom is 0.231 e. The van der Waals surface area contributed by atoms with E-state index >= 15 is 0 Å². The van der Waals surface area contributed by atoms with Crippen LogP contribution in [0.5, 0.6) is 0 Å². The minimum Gasteiger partial charge on any atom is -0.355 e. The molecule has 4 rings (SSSR count). The highest BCUT2D eigenvalue weighted by Gasteiger charge is 2.28. The second kappa shape index (κ2) is 7.28. The van der Waals surface area contributed by atoms with Gasteiger partial charge in [0.05, 0.1) is 17.0 Å². The van der Waals surface area contributed by atoms with Gasteiger partial charge in [0.2, 0.25) is 5.91 Å². The van der Waals surface area contributed by atoms with Gasteiger partial charge in [-0.05, 0) is 32.3 Å². The molecule has 0 aliphatic carbocycles. The Bertz CT molecular complexity index is 935. The summed E-state index contributed by atoms with van der Waals surface area (Å²) in [5, 5.41) is 6.70. The normalized spacial score (nSPS) is 17.6. The van der Waals surface area contributed by atoms with E-state index in [1.807, 2.05) is 12.3 Å². The summed E-state index contributed by atoms with van der Waals surface area (Å²) in [4.78, 5) is 30.5. The number of aryl methyl sites for hydroxylation is 2. The van der Waals surface area contributed by atoms with E-state index in [4.69, 9.17) is 0 Å². The van der Waals surface area contributed by atoms with Gasteiger partial charge >= 0.3 is 0 Å². The van der Waals surface area contributed by atoms with Crippen LogP contribution in [0.25, 0.3) is 10.2 Å². The van der Waals surface area contributed by atoms with E-state index < -0.39 is 0 Å². The molecule has 0 aromatic carbocycles. The first-order chi connectivity index (χ1) is 12.6. The lowest BCUT2D eigenvalue weighted by Gasteiger charge is -2.32. The number of nitrogens with zero attached hydrogens (tertiary/aromatic N) is 4. The Hall–Kier alpha value is -2.06. The Morgan fingerprint density at radius 3 is 3.08 bits per heavy atom. The van der Waals surface area contributed by atoms with Crippen LogP contribution in [0.4, 0.5) is 10.9 Å². The molecule has 0 bridgehead atoms. The summed E-state index contributed by atoms with van der Waals surface area (Å²) < 4.78 is 0. The van der Waals surface area contributed by atoms with Crippen LogP contribution in [0, 0.1) is 12.8 Å². The molecular weight excluding hydrogens is 366 g/mol. The van der Waals surface area contributed by atoms with E-state index in [2.05, 4.69) is 38.2 Å². The van der Waals surface area contributed by atoms with E-state index in [0.29, 0.717) is 11.7 Å². The second-order valence-electron chi connectivity index (χ2n) is 6.55. The summed E-state index contributed by atoms with van der Waals surface area (Å²) in [5.41, 5.74) is 0.933. The predicted molar refractivity (Wildman–Crippen MR) is 107 cm³/mol. The van der Waals surface area contributed by atoms with Gasteiger partial charge in [-0.1, -0.05) is 6.92 Å². The fraction of sp³-hybridized carbons (Fsp3) is 0.444. The lowest BCUT2D eigenvalue weighted by Crippen LogP contribution is -2.41. The number of aromatic nitrogens is 3. The SMILES string of the molecule is CCc1cc2c(N3CCC[C@@H](C(=O)Nc4nc(C)cs4)C3)ncnc2s1. The maximum absolute atomic E-state index is 12.7. The number of carbonyl (C=O) groups excluding carboxylic acids is 1. The van der Waals surface area contributed by atoms with E-state index in [1.54, 1.807) is 17.7 Å². The lowest BCUT2D eigenvalue weighted by atomic mass is 9.97. The summed E-state index contributed by atoms with van der Waals surface area (Å²) in [6.45, 7) is 5.68. The third-order valence-electron chi connectivity index (χ3n) is 4.65. The zero-order valence-electron chi connectivity index (χ0n) is 14.9. The standard InChI is InChI=1S/C18H21N5OS2/c1-3-13-7-14-15(19-10-20-17(14)26-13)23-6-4-5-12(8-23)16(24)22-18-21-11(2)9-25-18/h7,9-10,12H,3-6,8H2,1-2H3,(H,21,22,24)/t12-/m1/s1. The number of rotatable bonds is 4. The van der Waals surface area contributed by atoms with Crippen molar-refractivity contribution in [1.29, 1.82) is 0 Å². The smallest absolute Gasteiger partial charge is 0.231 e. The molecule has 3 aromatic rings. The van der Waals surface area contributed by atoms with Crippen LogP contribution in [0.2, 0.25) is 0 Å². The van der Waals surface area contributed by atoms with Crippen molar-refractivity contribution in [2.75, 3.05) is 23.3 Å². The van der Waals surface area contributed by atoms with Crippen molar-refractivity contribution in [1.82, 2.24) is 15.0 Å². The van der Waals surface area contributed by atoms with Crippen molar-refractivity contribution in [3.05, 3.63) is 28.3 Å². The van der Waals surface area contributed by atoms with E-state index in [9.17, 15) is 4.79 Å². The van der Waals surface area contributed by atoms with Gasteiger partial charge in [0.1, 0.15) is 17.0 Å². The minimum atomic E-state index is -0.0535. The summed E-state index contributed by atoms with van der Waals surface area (Å²) in [6, 6.07) is 2.19. The highest BCUT2D eigenvalue weighted by Crippen LogP contribution is 2.32. The molecule has 1 fully saturated rings. The fourth-order valence-corrected chi connectivity index (χ4v) is 4.94. The highest BCUT2D eigenvalue weighted by molar-refractivity contribution is 7.18. The van der Waals surface area contributed by atoms with Crippen LogP contribution in [-0.2, 0) is 11.2 Å². The van der Waals surface area contributed by atoms with Crippen molar-refractivity contribution in [3.8, 4) is 0 Å². The summed E-state index contributed by atoms with van der Waals surface area (Å²) in [6.07, 6.45) is 4.50. The number of nitrogens with one attached hydrogen (secondary N) is 1. The Balaban J connectivity index is 1.53. The number of hydrogen-bond donors (Lipinski definition) is 1. The number of anilines is 2. The number of carbonyl (C=O) groups is 1. The molecule has 3 aromatic heterocycles. The monoisotopic (exact) mass is 387 g/mol. The second-order valence-corrected chi connectivity index (χ2v) is 8.52. The maximum atomic E-state index is 12.7. The number of amides is 1. The van der Waals surface area contributed by atoms with Gasteiger partial charge in [-0.15, -0.1) is 22.7 Å². The molecule has 136 valence electrons. The number of fused-ring (bicyclic) bond motifs is 1. The average molecular weight is 388 g/mol. The minimum absolute atomic E-state index is 0.0499. The molecule has 0 radical (unpaired) electrons. The van der Waals surface area contributed by atoms with Crippen molar-refractivity contribution >= 4 is 49.7 Å². The van der Waals surface area contributed by atoms with Crippen molar-refractivity contribution < 1.29 is 4.79 Å². The molecule has 26 heavy (non-hydrogen) atoms. The van der Waals surface area contributed by atoms with Gasteiger partial charge in [-0.2, -0.15) is 0 Å². The topological polar surface area (TPSA) is 71.0 Å². The first-order valence-electron chi connectivity index (χ1n) is 8.85. The van der Waals surface area contributed by atoms with Gasteiger partial charge in [0.15, 0.2) is 5.13 Å². The van der Waals surface area contributed by atoms with E-state index in [0.717, 1.165) is 47.5 Å². The van der Waals surface area contributed by atoms with Crippen LogP contribution in [0.1, 0.15) is 30.3 Å². The molecule has 1 N–H and O–H groups in total. The van der Waals surface area contributed by atoms with Gasteiger partial charge in [-0.25, -0.2) is 15.0 Å². The van der Waals surface area contributed by atoms with Crippen LogP contribution in [0.15, 0.2) is 17.8 Å². The zero-order valence-corrected chi connectivity index (χ0v) is 16.5. The van der Waals surface area contributed by atoms with Crippen molar-refractivity contribution in [2.24, 2.45) is 5.92 Å². The largest absolute Gasteiger partial charge is 0.355 e. The highest BCUT2D eigenvalue weighted by atomic mass is 32.1. The van der Waals surface area contributed by atoms with Gasteiger partial charge < -0.3 is 10.2 Å². The van der Waals surface area contributed by atoms with Crippen molar-refractivity contribution in [3.63, 3.8) is 0 Å². The molecule has 1 atom stereocenters. The van der Waals surface area contributed by atoms with E-state index in [-0.39, 0.29) is 11.8 Å². The summed E-state index contributed by atoms with van der Waals surface area (Å²) in [5.74, 6) is 0.949. The zero-order chi connectivity index (χ0) is 18.1. The van der Waals surface area contributed by atoms with Gasteiger partial charge in [0.25, 0.3) is 0 Å². The van der Waals surface area contributed by atoms with Gasteiger partial charge in [0, 0.05) is 23.3 Å². The number of thiophene rings is 1. The molecular formula is C18H21N5OS2. The molecule has 8 heteroatoms. The Kier molecular flexibility index (Phi) is 4.86. The van der Waals surface area contributed by atoms with E-state index in [1.165, 1.54) is 16.2 Å². The Morgan fingerprint density at radius 1 is 1.42 bits per heavy atom. The van der Waals surface area contributed by atoms with Crippen LogP contribution < -0.4 is 10.2 Å². The van der Waals surface area contributed by atoms with Gasteiger partial charge in [-0.3, -0.25) is 4.79 Å². The lowest BCUT2D eigenvalue weighted by molar-refractivity contribution is -0.120. The average Bonchev–Trinajstić information content (AvgIpc) is 3.27. The molecule has 1 saturated heterocycles. The molecule has 6 nitrogen and oxygen atoms in total. The number of hydrogen-bond acceptors (Lipinski definition) is 7. The quantitative estimate of drug-likeness (QED) is 0.736.